The molecule has 0 aromatic carbocycles. The lowest BCUT2D eigenvalue weighted by Gasteiger charge is -2.32. The van der Waals surface area contributed by atoms with Gasteiger partial charge in [0, 0.05) is 34.4 Å². The molecule has 0 spiro atoms. The summed E-state index contributed by atoms with van der Waals surface area (Å²) >= 11 is 5.04. The summed E-state index contributed by atoms with van der Waals surface area (Å²) in [5, 5.41) is 4.89. The van der Waals surface area contributed by atoms with Gasteiger partial charge in [0.05, 0.1) is 13.2 Å². The van der Waals surface area contributed by atoms with Crippen LogP contribution in [0.4, 0.5) is 0 Å². The average molecular weight is 345 g/mol. The normalized spacial score (nSPS) is 17.9. The van der Waals surface area contributed by atoms with E-state index in [1.54, 1.807) is 17.4 Å². The molecule has 2 heterocycles. The number of hydrogen-bond acceptors (Lipinski definition) is 4. The summed E-state index contributed by atoms with van der Waals surface area (Å²) in [6.45, 7) is 7.04. The Bertz CT molecular complexity index is 444. The second-order valence-corrected chi connectivity index (χ2v) is 6.11. The van der Waals surface area contributed by atoms with Gasteiger partial charge in [0.2, 0.25) is 5.91 Å². The number of halogens is 1. The monoisotopic (exact) mass is 344 g/mol. The minimum absolute atomic E-state index is 0.0242. The predicted molar refractivity (Wildman–Crippen MR) is 80.4 cm³/mol. The molecule has 1 N–H and O–H groups in total. The largest absolute Gasteiger partial charge is 0.379 e. The van der Waals surface area contributed by atoms with Crippen molar-refractivity contribution >= 4 is 33.2 Å². The Morgan fingerprint density at radius 2 is 2.37 bits per heavy atom. The van der Waals surface area contributed by atoms with E-state index in [1.807, 2.05) is 11.4 Å². The first kappa shape index (κ1) is 14.7. The summed E-state index contributed by atoms with van der Waals surface area (Å²) < 4.78 is 6.37. The molecule has 4 nitrogen and oxygen atoms in total. The Labute approximate surface area is 125 Å². The highest BCUT2D eigenvalue weighted by Crippen LogP contribution is 2.30. The first-order valence-corrected chi connectivity index (χ1v) is 7.84. The number of carbonyl (C=O) groups excluding carboxylic acids is 1. The lowest BCUT2D eigenvalue weighted by Crippen LogP contribution is -2.45. The van der Waals surface area contributed by atoms with Crippen molar-refractivity contribution in [1.29, 1.82) is 0 Å². The van der Waals surface area contributed by atoms with E-state index in [1.165, 1.54) is 0 Å². The van der Waals surface area contributed by atoms with Crippen molar-refractivity contribution in [3.05, 3.63) is 33.5 Å². The molecule has 0 saturated carbocycles. The van der Waals surface area contributed by atoms with Crippen molar-refractivity contribution in [1.82, 2.24) is 10.2 Å². The number of carbonyl (C=O) groups is 1. The van der Waals surface area contributed by atoms with Gasteiger partial charge in [-0.25, -0.2) is 0 Å². The van der Waals surface area contributed by atoms with E-state index < -0.39 is 0 Å². The van der Waals surface area contributed by atoms with Gasteiger partial charge in [0.25, 0.3) is 0 Å². The van der Waals surface area contributed by atoms with Gasteiger partial charge < -0.3 is 10.1 Å². The Kier molecular flexibility index (Phi) is 5.57. The summed E-state index contributed by atoms with van der Waals surface area (Å²) in [6, 6.07) is 1.78. The molecule has 1 fully saturated rings. The van der Waals surface area contributed by atoms with Gasteiger partial charge in [-0.15, -0.1) is 17.9 Å². The van der Waals surface area contributed by atoms with Gasteiger partial charge >= 0.3 is 0 Å². The van der Waals surface area contributed by atoms with E-state index in [0.717, 1.165) is 22.4 Å². The molecule has 1 aliphatic rings. The molecule has 1 atom stereocenters. The van der Waals surface area contributed by atoms with Crippen molar-refractivity contribution in [2.75, 3.05) is 32.8 Å². The fourth-order valence-electron chi connectivity index (χ4n) is 2.05. The molecule has 6 heteroatoms. The van der Waals surface area contributed by atoms with Crippen LogP contribution in [0.1, 0.15) is 10.9 Å². The van der Waals surface area contributed by atoms with E-state index in [2.05, 4.69) is 32.7 Å². The molecule has 1 aliphatic heterocycles. The molecule has 0 radical (unpaired) electrons. The number of hydrogen-bond donors (Lipinski definition) is 1. The fraction of sp³-hybridized carbons (Fsp3) is 0.462. The first-order valence-electron chi connectivity index (χ1n) is 6.16. The first-order chi connectivity index (χ1) is 9.22. The van der Waals surface area contributed by atoms with Gasteiger partial charge in [0.15, 0.2) is 0 Å². The molecule has 19 heavy (non-hydrogen) atoms. The maximum Gasteiger partial charge on any atom is 0.243 e. The van der Waals surface area contributed by atoms with Crippen molar-refractivity contribution in [2.24, 2.45) is 0 Å². The highest BCUT2D eigenvalue weighted by atomic mass is 79.9. The summed E-state index contributed by atoms with van der Waals surface area (Å²) in [6.07, 6.45) is 1.69. The molecular formula is C13H17BrN2O2S. The molecule has 1 amide bonds. The van der Waals surface area contributed by atoms with Crippen LogP contribution in [0.3, 0.4) is 0 Å². The van der Waals surface area contributed by atoms with E-state index in [-0.39, 0.29) is 11.9 Å². The summed E-state index contributed by atoms with van der Waals surface area (Å²) in [5.74, 6) is 0.0242. The molecule has 104 valence electrons. The lowest BCUT2D eigenvalue weighted by atomic mass is 10.1. The van der Waals surface area contributed by atoms with Crippen LogP contribution in [0.25, 0.3) is 0 Å². The Hall–Kier alpha value is -0.690. The number of ether oxygens (including phenoxy) is 1. The smallest absolute Gasteiger partial charge is 0.243 e. The van der Waals surface area contributed by atoms with Crippen LogP contribution >= 0.6 is 27.3 Å². The Morgan fingerprint density at radius 3 is 2.95 bits per heavy atom. The van der Waals surface area contributed by atoms with E-state index >= 15 is 0 Å². The number of rotatable bonds is 5. The second-order valence-electron chi connectivity index (χ2n) is 4.25. The van der Waals surface area contributed by atoms with Crippen LogP contribution in [-0.2, 0) is 9.53 Å². The van der Waals surface area contributed by atoms with Crippen molar-refractivity contribution in [2.45, 2.75) is 6.04 Å². The molecule has 1 aromatic heterocycles. The SMILES string of the molecule is C=CCNC(=O)[C@H](c1cc(Br)cs1)N1CCOCC1. The standard InChI is InChI=1S/C13H17BrN2O2S/c1-2-3-15-13(17)12(11-8-10(14)9-19-11)16-4-6-18-7-5-16/h2,8-9,12H,1,3-7H2,(H,15,17)/t12-/m0/s1. The highest BCUT2D eigenvalue weighted by molar-refractivity contribution is 9.10. The quantitative estimate of drug-likeness (QED) is 0.832. The van der Waals surface area contributed by atoms with Gasteiger partial charge in [-0.2, -0.15) is 0 Å². The minimum atomic E-state index is -0.236. The van der Waals surface area contributed by atoms with Crippen molar-refractivity contribution in [3.63, 3.8) is 0 Å². The third kappa shape index (κ3) is 3.89. The van der Waals surface area contributed by atoms with E-state index in [9.17, 15) is 4.79 Å². The van der Waals surface area contributed by atoms with E-state index in [4.69, 9.17) is 4.74 Å². The van der Waals surface area contributed by atoms with Crippen LogP contribution in [0, 0.1) is 0 Å². The predicted octanol–water partition coefficient (Wildman–Crippen LogP) is 2.19. The lowest BCUT2D eigenvalue weighted by molar-refractivity contribution is -0.128. The Morgan fingerprint density at radius 1 is 1.63 bits per heavy atom. The molecule has 0 bridgehead atoms. The maximum absolute atomic E-state index is 12.4. The summed E-state index contributed by atoms with van der Waals surface area (Å²) in [5.41, 5.74) is 0. The molecular weight excluding hydrogens is 328 g/mol. The third-order valence-electron chi connectivity index (χ3n) is 2.94. The summed E-state index contributed by atoms with van der Waals surface area (Å²) in [4.78, 5) is 15.6. The molecule has 0 aliphatic carbocycles. The zero-order chi connectivity index (χ0) is 13.7. The van der Waals surface area contributed by atoms with Gasteiger partial charge in [-0.05, 0) is 22.0 Å². The topological polar surface area (TPSA) is 41.6 Å². The van der Waals surface area contributed by atoms with Gasteiger partial charge in [-0.3, -0.25) is 9.69 Å². The molecule has 0 unspecified atom stereocenters. The average Bonchev–Trinajstić information content (AvgIpc) is 2.84. The van der Waals surface area contributed by atoms with Gasteiger partial charge in [-0.1, -0.05) is 6.08 Å². The zero-order valence-electron chi connectivity index (χ0n) is 10.6. The van der Waals surface area contributed by atoms with Crippen LogP contribution in [0.15, 0.2) is 28.6 Å². The molecule has 1 aromatic rings. The number of nitrogens with one attached hydrogen (secondary N) is 1. The maximum atomic E-state index is 12.4. The second kappa shape index (κ2) is 7.19. The van der Waals surface area contributed by atoms with Crippen LogP contribution < -0.4 is 5.32 Å². The van der Waals surface area contributed by atoms with Gasteiger partial charge in [0.1, 0.15) is 6.04 Å². The number of thiophene rings is 1. The van der Waals surface area contributed by atoms with E-state index in [0.29, 0.717) is 19.8 Å². The van der Waals surface area contributed by atoms with Crippen LogP contribution in [0.5, 0.6) is 0 Å². The minimum Gasteiger partial charge on any atom is -0.379 e. The number of morpholine rings is 1. The van der Waals surface area contributed by atoms with Crippen molar-refractivity contribution in [3.8, 4) is 0 Å². The number of amides is 1. The zero-order valence-corrected chi connectivity index (χ0v) is 13.0. The van der Waals surface area contributed by atoms with Crippen LogP contribution in [-0.4, -0.2) is 43.7 Å². The molecule has 1 saturated heterocycles. The Balaban J connectivity index is 2.16. The summed E-state index contributed by atoms with van der Waals surface area (Å²) in [7, 11) is 0. The number of nitrogens with zero attached hydrogens (tertiary/aromatic N) is 1. The van der Waals surface area contributed by atoms with Crippen LogP contribution in [0.2, 0.25) is 0 Å². The fourth-order valence-corrected chi connectivity index (χ4v) is 3.63. The highest BCUT2D eigenvalue weighted by Gasteiger charge is 2.29. The third-order valence-corrected chi connectivity index (χ3v) is 4.68. The molecule has 2 rings (SSSR count). The van der Waals surface area contributed by atoms with Crippen molar-refractivity contribution < 1.29 is 9.53 Å².